The summed E-state index contributed by atoms with van der Waals surface area (Å²) in [6.45, 7) is 1.21. The first-order valence-corrected chi connectivity index (χ1v) is 13.6. The van der Waals surface area contributed by atoms with Gasteiger partial charge in [0.15, 0.2) is 11.6 Å². The molecule has 5 N–H and O–H groups in total. The Morgan fingerprint density at radius 2 is 1.92 bits per heavy atom. The third kappa shape index (κ3) is 7.99. The van der Waals surface area contributed by atoms with Gasteiger partial charge in [0.1, 0.15) is 6.17 Å². The molecule has 0 radical (unpaired) electrons. The topological polar surface area (TPSA) is 114 Å². The Morgan fingerprint density at radius 3 is 2.61 bits per heavy atom. The molecule has 2 aliphatic rings. The van der Waals surface area contributed by atoms with Crippen molar-refractivity contribution in [3.05, 3.63) is 35.4 Å². The molecule has 1 aromatic carbocycles. The lowest BCUT2D eigenvalue weighted by Gasteiger charge is -2.43. The molecule has 11 heteroatoms. The summed E-state index contributed by atoms with van der Waals surface area (Å²) in [7, 11) is 1.81. The molecule has 1 heterocycles. The molecule has 1 saturated heterocycles. The van der Waals surface area contributed by atoms with E-state index in [-0.39, 0.29) is 43.6 Å². The highest BCUT2D eigenvalue weighted by Crippen LogP contribution is 2.41. The molecule has 38 heavy (non-hydrogen) atoms. The number of piperidine rings is 1. The number of hydrogen-bond donors (Lipinski definition) is 5. The molecule has 1 aliphatic heterocycles. The van der Waals surface area contributed by atoms with Gasteiger partial charge in [0.2, 0.25) is 0 Å². The van der Waals surface area contributed by atoms with E-state index in [1.54, 1.807) is 11.9 Å². The molecule has 3 atom stereocenters. The van der Waals surface area contributed by atoms with E-state index in [2.05, 4.69) is 16.0 Å². The SMILES string of the molecule is CNC[C@H](CC1CCC(F)CC1)NC(=O)N1CCC[C@@H]([C@@](O)(CCCNC(=O)O)c2cccc(F)c2F)C1. The zero-order valence-corrected chi connectivity index (χ0v) is 22.0. The largest absolute Gasteiger partial charge is 0.465 e. The van der Waals surface area contributed by atoms with Crippen LogP contribution in [0.4, 0.5) is 22.8 Å². The van der Waals surface area contributed by atoms with Crippen LogP contribution >= 0.6 is 0 Å². The van der Waals surface area contributed by atoms with Crippen LogP contribution in [-0.4, -0.2) is 72.7 Å². The van der Waals surface area contributed by atoms with E-state index in [0.717, 1.165) is 25.3 Å². The summed E-state index contributed by atoms with van der Waals surface area (Å²) >= 11 is 0. The number of nitrogens with zero attached hydrogens (tertiary/aromatic N) is 1. The number of carboxylic acid groups (broad SMARTS) is 1. The maximum Gasteiger partial charge on any atom is 0.404 e. The second-order valence-corrected chi connectivity index (χ2v) is 10.7. The average molecular weight is 543 g/mol. The van der Waals surface area contributed by atoms with Crippen LogP contribution in [-0.2, 0) is 5.60 Å². The minimum absolute atomic E-state index is 0.00654. The fourth-order valence-electron chi connectivity index (χ4n) is 5.97. The lowest BCUT2D eigenvalue weighted by molar-refractivity contribution is -0.0580. The smallest absolute Gasteiger partial charge is 0.404 e. The summed E-state index contributed by atoms with van der Waals surface area (Å²) in [4.78, 5) is 25.7. The standard InChI is InChI=1S/C27H41F3N4O4/c1-31-16-21(15-18-8-10-20(28)11-9-18)33-25(35)34-14-3-5-19(17-34)27(38,12-4-13-32-26(36)37)22-6-2-7-23(29)24(22)30/h2,6-7,18-21,31-32,38H,3-5,8-17H2,1H3,(H,33,35)(H,36,37)/t18?,19-,20?,21+,27+/m1/s1. The number of carbonyl (C=O) groups excluding carboxylic acids is 1. The monoisotopic (exact) mass is 542 g/mol. The third-order valence-electron chi connectivity index (χ3n) is 7.99. The molecule has 3 amide bonds. The predicted molar refractivity (Wildman–Crippen MR) is 138 cm³/mol. The van der Waals surface area contributed by atoms with Crippen LogP contribution < -0.4 is 16.0 Å². The van der Waals surface area contributed by atoms with E-state index in [4.69, 9.17) is 5.11 Å². The number of halogens is 3. The van der Waals surface area contributed by atoms with Gasteiger partial charge in [0.05, 0.1) is 5.60 Å². The molecule has 0 aromatic heterocycles. The number of rotatable bonds is 11. The van der Waals surface area contributed by atoms with Crippen molar-refractivity contribution >= 4 is 12.1 Å². The number of hydrogen-bond acceptors (Lipinski definition) is 4. The van der Waals surface area contributed by atoms with E-state index in [0.29, 0.717) is 44.7 Å². The highest BCUT2D eigenvalue weighted by atomic mass is 19.2. The summed E-state index contributed by atoms with van der Waals surface area (Å²) in [6, 6.07) is 3.23. The summed E-state index contributed by atoms with van der Waals surface area (Å²) in [5.41, 5.74) is -1.97. The molecule has 2 fully saturated rings. The van der Waals surface area contributed by atoms with E-state index in [1.807, 2.05) is 0 Å². The van der Waals surface area contributed by atoms with Crippen molar-refractivity contribution in [3.8, 4) is 0 Å². The number of alkyl halides is 1. The van der Waals surface area contributed by atoms with Gasteiger partial charge in [-0.2, -0.15) is 0 Å². The Labute approximate surface area is 222 Å². The van der Waals surface area contributed by atoms with E-state index < -0.39 is 35.4 Å². The number of carbonyl (C=O) groups is 2. The average Bonchev–Trinajstić information content (AvgIpc) is 2.89. The Kier molecular flexibility index (Phi) is 11.1. The van der Waals surface area contributed by atoms with Gasteiger partial charge in [-0.25, -0.2) is 22.8 Å². The van der Waals surface area contributed by atoms with Crippen LogP contribution in [0.1, 0.15) is 63.4 Å². The van der Waals surface area contributed by atoms with Gasteiger partial charge in [0.25, 0.3) is 0 Å². The first kappa shape index (κ1) is 30.0. The summed E-state index contributed by atoms with van der Waals surface area (Å²) in [5, 5.41) is 29.1. The Balaban J connectivity index is 1.71. The number of urea groups is 1. The van der Waals surface area contributed by atoms with Crippen molar-refractivity contribution in [2.75, 3.05) is 33.2 Å². The maximum absolute atomic E-state index is 14.9. The van der Waals surface area contributed by atoms with Gasteiger partial charge < -0.3 is 31.1 Å². The van der Waals surface area contributed by atoms with E-state index in [9.17, 15) is 27.9 Å². The van der Waals surface area contributed by atoms with Crippen molar-refractivity contribution in [2.45, 2.75) is 75.6 Å². The summed E-state index contributed by atoms with van der Waals surface area (Å²) in [5.74, 6) is -2.45. The Bertz CT molecular complexity index is 932. The molecule has 8 nitrogen and oxygen atoms in total. The number of nitrogens with one attached hydrogen (secondary N) is 3. The van der Waals surface area contributed by atoms with Crippen LogP contribution in [0.2, 0.25) is 0 Å². The number of likely N-dealkylation sites (N-methyl/N-ethyl adjacent to an activating group) is 1. The van der Waals surface area contributed by atoms with Gasteiger partial charge >= 0.3 is 12.1 Å². The Morgan fingerprint density at radius 1 is 1.18 bits per heavy atom. The summed E-state index contributed by atoms with van der Waals surface area (Å²) < 4.78 is 42.6. The third-order valence-corrected chi connectivity index (χ3v) is 7.99. The summed E-state index contributed by atoms with van der Waals surface area (Å²) in [6.07, 6.45) is 2.75. The highest BCUT2D eigenvalue weighted by Gasteiger charge is 2.43. The van der Waals surface area contributed by atoms with Gasteiger partial charge in [-0.05, 0) is 76.8 Å². The van der Waals surface area contributed by atoms with Crippen molar-refractivity contribution in [2.24, 2.45) is 11.8 Å². The maximum atomic E-state index is 14.9. The first-order chi connectivity index (χ1) is 18.1. The van der Waals surface area contributed by atoms with E-state index >= 15 is 0 Å². The molecule has 1 saturated carbocycles. The normalized spacial score (nSPS) is 24.3. The number of likely N-dealkylation sites (tertiary alicyclic amines) is 1. The predicted octanol–water partition coefficient (Wildman–Crippen LogP) is 4.13. The van der Waals surface area contributed by atoms with Crippen molar-refractivity contribution in [1.29, 1.82) is 0 Å². The van der Waals surface area contributed by atoms with Crippen LogP contribution in [0.3, 0.4) is 0 Å². The van der Waals surface area contributed by atoms with Crippen molar-refractivity contribution < 1.29 is 33.0 Å². The molecule has 0 bridgehead atoms. The van der Waals surface area contributed by atoms with Crippen molar-refractivity contribution in [3.63, 3.8) is 0 Å². The molecule has 1 aromatic rings. The number of aliphatic hydroxyl groups is 1. The zero-order valence-electron chi connectivity index (χ0n) is 22.0. The van der Waals surface area contributed by atoms with Gasteiger partial charge in [-0.1, -0.05) is 12.1 Å². The fourth-order valence-corrected chi connectivity index (χ4v) is 5.97. The molecule has 0 unspecified atom stereocenters. The zero-order chi connectivity index (χ0) is 27.7. The van der Waals surface area contributed by atoms with Gasteiger partial charge in [0, 0.05) is 43.7 Å². The fraction of sp³-hybridized carbons (Fsp3) is 0.704. The van der Waals surface area contributed by atoms with Crippen LogP contribution in [0.15, 0.2) is 18.2 Å². The lowest BCUT2D eigenvalue weighted by Crippen LogP contribution is -2.54. The lowest BCUT2D eigenvalue weighted by atomic mass is 9.74. The van der Waals surface area contributed by atoms with Crippen LogP contribution in [0.5, 0.6) is 0 Å². The van der Waals surface area contributed by atoms with Crippen LogP contribution in [0.25, 0.3) is 0 Å². The number of amides is 3. The molecular formula is C27H41F3N4O4. The van der Waals surface area contributed by atoms with Gasteiger partial charge in [-0.15, -0.1) is 0 Å². The molecule has 0 spiro atoms. The second kappa shape index (κ2) is 14.0. The second-order valence-electron chi connectivity index (χ2n) is 10.7. The van der Waals surface area contributed by atoms with Crippen molar-refractivity contribution in [1.82, 2.24) is 20.9 Å². The van der Waals surface area contributed by atoms with Crippen LogP contribution in [0, 0.1) is 23.5 Å². The Hall–Kier alpha value is -2.53. The molecular weight excluding hydrogens is 501 g/mol. The first-order valence-electron chi connectivity index (χ1n) is 13.6. The molecule has 3 rings (SSSR count). The minimum atomic E-state index is -1.79. The van der Waals surface area contributed by atoms with E-state index in [1.165, 1.54) is 12.1 Å². The quantitative estimate of drug-likeness (QED) is 0.270. The minimum Gasteiger partial charge on any atom is -0.465 e. The number of benzene rings is 1. The highest BCUT2D eigenvalue weighted by molar-refractivity contribution is 5.74. The molecule has 1 aliphatic carbocycles. The molecule has 214 valence electrons. The van der Waals surface area contributed by atoms with Gasteiger partial charge in [-0.3, -0.25) is 0 Å².